The number of cyclic esters (lactones) is 1. The van der Waals surface area contributed by atoms with Crippen LogP contribution in [0.25, 0.3) is 0 Å². The second-order valence-electron chi connectivity index (χ2n) is 3.61. The van der Waals surface area contributed by atoms with Gasteiger partial charge in [0.05, 0.1) is 13.0 Å². The SMILES string of the molecule is O=C1CCC2(CN1)COC(=O)C2. The summed E-state index contributed by atoms with van der Waals surface area (Å²) in [6.07, 6.45) is 1.77. The van der Waals surface area contributed by atoms with Gasteiger partial charge in [-0.15, -0.1) is 0 Å². The lowest BCUT2D eigenvalue weighted by atomic mass is 9.80. The van der Waals surface area contributed by atoms with Gasteiger partial charge in [-0.05, 0) is 6.42 Å². The highest BCUT2D eigenvalue weighted by molar-refractivity contribution is 5.78. The van der Waals surface area contributed by atoms with Crippen molar-refractivity contribution in [3.05, 3.63) is 0 Å². The first kappa shape index (κ1) is 7.58. The second-order valence-corrected chi connectivity index (χ2v) is 3.61. The van der Waals surface area contributed by atoms with E-state index in [-0.39, 0.29) is 17.3 Å². The summed E-state index contributed by atoms with van der Waals surface area (Å²) in [4.78, 5) is 21.7. The normalized spacial score (nSPS) is 35.0. The molecule has 0 aromatic rings. The Morgan fingerprint density at radius 1 is 1.42 bits per heavy atom. The van der Waals surface area contributed by atoms with Gasteiger partial charge in [-0.1, -0.05) is 0 Å². The van der Waals surface area contributed by atoms with Crippen molar-refractivity contribution >= 4 is 11.9 Å². The monoisotopic (exact) mass is 169 g/mol. The summed E-state index contributed by atoms with van der Waals surface area (Å²) in [7, 11) is 0. The molecule has 1 spiro atoms. The molecule has 4 heteroatoms. The fourth-order valence-electron chi connectivity index (χ4n) is 1.76. The lowest BCUT2D eigenvalue weighted by Gasteiger charge is -2.30. The Hall–Kier alpha value is -1.06. The predicted molar refractivity (Wildman–Crippen MR) is 40.3 cm³/mol. The van der Waals surface area contributed by atoms with Crippen molar-refractivity contribution in [2.75, 3.05) is 13.2 Å². The number of hydrogen-bond acceptors (Lipinski definition) is 3. The van der Waals surface area contributed by atoms with E-state index in [0.717, 1.165) is 6.42 Å². The van der Waals surface area contributed by atoms with Crippen molar-refractivity contribution in [2.45, 2.75) is 19.3 Å². The largest absolute Gasteiger partial charge is 0.465 e. The average Bonchev–Trinajstić information content (AvgIpc) is 2.40. The standard InChI is InChI=1S/C8H11NO3/c10-6-1-2-8(4-9-6)3-7(11)12-5-8/h1-5H2,(H,9,10). The van der Waals surface area contributed by atoms with Crippen LogP contribution in [0.3, 0.4) is 0 Å². The van der Waals surface area contributed by atoms with Gasteiger partial charge >= 0.3 is 5.97 Å². The molecule has 0 saturated carbocycles. The summed E-state index contributed by atoms with van der Waals surface area (Å²) in [5.74, 6) is -0.0499. The highest BCUT2D eigenvalue weighted by Gasteiger charge is 2.42. The molecule has 0 aliphatic carbocycles. The van der Waals surface area contributed by atoms with Crippen LogP contribution in [0.2, 0.25) is 0 Å². The van der Waals surface area contributed by atoms with Crippen LogP contribution in [0.4, 0.5) is 0 Å². The van der Waals surface area contributed by atoms with Crippen molar-refractivity contribution in [1.29, 1.82) is 0 Å². The molecule has 2 aliphatic heterocycles. The minimum atomic E-state index is -0.133. The second kappa shape index (κ2) is 2.47. The van der Waals surface area contributed by atoms with Crippen molar-refractivity contribution < 1.29 is 14.3 Å². The zero-order chi connectivity index (χ0) is 8.60. The Kier molecular flexibility index (Phi) is 1.56. The van der Waals surface area contributed by atoms with Crippen LogP contribution in [0.5, 0.6) is 0 Å². The molecular weight excluding hydrogens is 158 g/mol. The van der Waals surface area contributed by atoms with Gasteiger partial charge in [0.15, 0.2) is 0 Å². The van der Waals surface area contributed by atoms with Gasteiger partial charge in [-0.25, -0.2) is 0 Å². The smallest absolute Gasteiger partial charge is 0.306 e. The third kappa shape index (κ3) is 1.17. The molecule has 2 aliphatic rings. The molecule has 0 bridgehead atoms. The maximum atomic E-state index is 10.9. The van der Waals surface area contributed by atoms with E-state index < -0.39 is 0 Å². The molecule has 0 aromatic carbocycles. The Labute approximate surface area is 70.3 Å². The molecule has 0 aromatic heterocycles. The van der Waals surface area contributed by atoms with E-state index in [0.29, 0.717) is 26.0 Å². The lowest BCUT2D eigenvalue weighted by molar-refractivity contribution is -0.137. The summed E-state index contributed by atoms with van der Waals surface area (Å²) in [5.41, 5.74) is -0.0784. The number of nitrogens with one attached hydrogen (secondary N) is 1. The lowest BCUT2D eigenvalue weighted by Crippen LogP contribution is -2.43. The van der Waals surface area contributed by atoms with Crippen LogP contribution >= 0.6 is 0 Å². The van der Waals surface area contributed by atoms with Crippen molar-refractivity contribution in [3.8, 4) is 0 Å². The fourth-order valence-corrected chi connectivity index (χ4v) is 1.76. The van der Waals surface area contributed by atoms with E-state index in [4.69, 9.17) is 4.74 Å². The number of piperidine rings is 1. The Morgan fingerprint density at radius 2 is 2.25 bits per heavy atom. The van der Waals surface area contributed by atoms with Crippen molar-refractivity contribution in [2.24, 2.45) is 5.41 Å². The van der Waals surface area contributed by atoms with Crippen LogP contribution in [-0.4, -0.2) is 25.0 Å². The first-order valence-electron chi connectivity index (χ1n) is 4.13. The topological polar surface area (TPSA) is 55.4 Å². The van der Waals surface area contributed by atoms with Gasteiger partial charge in [0, 0.05) is 18.4 Å². The van der Waals surface area contributed by atoms with Gasteiger partial charge in [-0.2, -0.15) is 0 Å². The van der Waals surface area contributed by atoms with Crippen LogP contribution in [0, 0.1) is 5.41 Å². The van der Waals surface area contributed by atoms with Crippen LogP contribution in [-0.2, 0) is 14.3 Å². The van der Waals surface area contributed by atoms with Gasteiger partial charge in [-0.3, -0.25) is 9.59 Å². The quantitative estimate of drug-likeness (QED) is 0.512. The molecule has 1 N–H and O–H groups in total. The summed E-state index contributed by atoms with van der Waals surface area (Å²) in [6, 6.07) is 0. The molecular formula is C8H11NO3. The Balaban J connectivity index is 2.04. The third-order valence-corrected chi connectivity index (χ3v) is 2.60. The Bertz CT molecular complexity index is 226. The van der Waals surface area contributed by atoms with Gasteiger partial charge in [0.1, 0.15) is 0 Å². The molecule has 1 unspecified atom stereocenters. The van der Waals surface area contributed by atoms with Gasteiger partial charge in [0.25, 0.3) is 0 Å². The van der Waals surface area contributed by atoms with Gasteiger partial charge in [0.2, 0.25) is 5.91 Å². The number of ether oxygens (including phenoxy) is 1. The third-order valence-electron chi connectivity index (χ3n) is 2.60. The van der Waals surface area contributed by atoms with E-state index >= 15 is 0 Å². The first-order chi connectivity index (χ1) is 5.70. The summed E-state index contributed by atoms with van der Waals surface area (Å²) in [5, 5.41) is 2.76. The molecule has 1 amide bonds. The maximum Gasteiger partial charge on any atom is 0.306 e. The van der Waals surface area contributed by atoms with E-state index in [2.05, 4.69) is 5.32 Å². The molecule has 1 atom stereocenters. The van der Waals surface area contributed by atoms with E-state index in [1.807, 2.05) is 0 Å². The zero-order valence-corrected chi connectivity index (χ0v) is 6.76. The summed E-state index contributed by atoms with van der Waals surface area (Å²) >= 11 is 0. The maximum absolute atomic E-state index is 10.9. The minimum Gasteiger partial charge on any atom is -0.465 e. The molecule has 2 fully saturated rings. The molecule has 2 rings (SSSR count). The van der Waals surface area contributed by atoms with Crippen LogP contribution in [0.15, 0.2) is 0 Å². The number of carbonyl (C=O) groups is 2. The Morgan fingerprint density at radius 3 is 2.75 bits per heavy atom. The molecule has 4 nitrogen and oxygen atoms in total. The predicted octanol–water partition coefficient (Wildman–Crippen LogP) is -0.170. The van der Waals surface area contributed by atoms with Crippen LogP contribution in [0.1, 0.15) is 19.3 Å². The molecule has 2 saturated heterocycles. The molecule has 12 heavy (non-hydrogen) atoms. The molecule has 0 radical (unpaired) electrons. The fraction of sp³-hybridized carbons (Fsp3) is 0.750. The van der Waals surface area contributed by atoms with E-state index in [1.54, 1.807) is 0 Å². The van der Waals surface area contributed by atoms with E-state index in [9.17, 15) is 9.59 Å². The first-order valence-corrected chi connectivity index (χ1v) is 4.13. The molecule has 2 heterocycles. The van der Waals surface area contributed by atoms with Crippen molar-refractivity contribution in [3.63, 3.8) is 0 Å². The van der Waals surface area contributed by atoms with Crippen molar-refractivity contribution in [1.82, 2.24) is 5.32 Å². The molecule has 66 valence electrons. The number of esters is 1. The zero-order valence-electron chi connectivity index (χ0n) is 6.76. The highest BCUT2D eigenvalue weighted by atomic mass is 16.5. The summed E-state index contributed by atoms with van der Waals surface area (Å²) in [6.45, 7) is 1.07. The number of hydrogen-bond donors (Lipinski definition) is 1. The van der Waals surface area contributed by atoms with E-state index in [1.165, 1.54) is 0 Å². The van der Waals surface area contributed by atoms with Gasteiger partial charge < -0.3 is 10.1 Å². The minimum absolute atomic E-state index is 0.0784. The van der Waals surface area contributed by atoms with Crippen LogP contribution < -0.4 is 5.32 Å². The average molecular weight is 169 g/mol. The number of carbonyl (C=O) groups excluding carboxylic acids is 2. The number of amides is 1. The summed E-state index contributed by atoms with van der Waals surface area (Å²) < 4.78 is 4.89. The highest BCUT2D eigenvalue weighted by Crippen LogP contribution is 2.35. The number of rotatable bonds is 0.